The predicted molar refractivity (Wildman–Crippen MR) is 49.9 cm³/mol. The molecule has 0 aliphatic carbocycles. The monoisotopic (exact) mass is 178 g/mol. The zero-order valence-electron chi connectivity index (χ0n) is 7.84. The quantitative estimate of drug-likeness (QED) is 0.522. The molecule has 2 rings (SSSR count). The number of carbonyl (C=O) groups is 1. The molecule has 0 spiro atoms. The maximum Gasteiger partial charge on any atom is 0.298 e. The molecule has 3 heteroatoms. The molecule has 3 nitrogen and oxygen atoms in total. The van der Waals surface area contributed by atoms with Gasteiger partial charge in [-0.1, -0.05) is 5.92 Å². The lowest BCUT2D eigenvalue weighted by Gasteiger charge is -2.20. The number of rotatable bonds is 0. The van der Waals surface area contributed by atoms with Gasteiger partial charge in [0.15, 0.2) is 0 Å². The molecule has 70 valence electrons. The van der Waals surface area contributed by atoms with E-state index in [9.17, 15) is 4.79 Å². The minimum absolute atomic E-state index is 0.00120. The van der Waals surface area contributed by atoms with Crippen molar-refractivity contribution in [2.24, 2.45) is 5.92 Å². The number of likely N-dealkylation sites (tertiary alicyclic amines) is 1. The Bertz CT molecular complexity index is 276. The number of nitrogens with one attached hydrogen (secondary N) is 1. The summed E-state index contributed by atoms with van der Waals surface area (Å²) in [7, 11) is 0. The summed E-state index contributed by atoms with van der Waals surface area (Å²) in [6.45, 7) is 4.61. The zero-order valence-corrected chi connectivity index (χ0v) is 7.84. The summed E-state index contributed by atoms with van der Waals surface area (Å²) in [6.07, 6.45) is 1.13. The van der Waals surface area contributed by atoms with E-state index in [1.807, 2.05) is 4.90 Å². The van der Waals surface area contributed by atoms with Gasteiger partial charge in [-0.15, -0.1) is 0 Å². The van der Waals surface area contributed by atoms with Crippen LogP contribution in [0, 0.1) is 17.8 Å². The van der Waals surface area contributed by atoms with E-state index in [0.717, 1.165) is 26.1 Å². The standard InChI is InChI=1S/C10H14N2O/c1-2-3-10(13)12-5-4-8-6-11-7-9(8)12/h8-9,11H,4-7H2,1H3. The van der Waals surface area contributed by atoms with E-state index in [4.69, 9.17) is 0 Å². The lowest BCUT2D eigenvalue weighted by molar-refractivity contribution is -0.125. The van der Waals surface area contributed by atoms with Gasteiger partial charge in [0.2, 0.25) is 0 Å². The molecule has 13 heavy (non-hydrogen) atoms. The third kappa shape index (κ3) is 1.42. The number of nitrogens with zero attached hydrogens (tertiary/aromatic N) is 1. The first-order chi connectivity index (χ1) is 6.33. The van der Waals surface area contributed by atoms with Gasteiger partial charge in [-0.25, -0.2) is 0 Å². The van der Waals surface area contributed by atoms with Gasteiger partial charge < -0.3 is 10.2 Å². The molecule has 2 fully saturated rings. The van der Waals surface area contributed by atoms with Crippen LogP contribution in [-0.2, 0) is 4.79 Å². The highest BCUT2D eigenvalue weighted by Crippen LogP contribution is 2.26. The topological polar surface area (TPSA) is 32.3 Å². The van der Waals surface area contributed by atoms with Crippen LogP contribution in [-0.4, -0.2) is 36.5 Å². The van der Waals surface area contributed by atoms with Gasteiger partial charge in [0, 0.05) is 25.7 Å². The number of hydrogen-bond acceptors (Lipinski definition) is 2. The van der Waals surface area contributed by atoms with Gasteiger partial charge in [-0.05, 0) is 25.2 Å². The van der Waals surface area contributed by atoms with E-state index in [2.05, 4.69) is 17.2 Å². The first-order valence-electron chi connectivity index (χ1n) is 4.77. The first-order valence-corrected chi connectivity index (χ1v) is 4.77. The van der Waals surface area contributed by atoms with Crippen molar-refractivity contribution in [3.05, 3.63) is 0 Å². The lowest BCUT2D eigenvalue weighted by atomic mass is 10.1. The van der Waals surface area contributed by atoms with Crippen LogP contribution in [0.5, 0.6) is 0 Å². The van der Waals surface area contributed by atoms with Gasteiger partial charge >= 0.3 is 0 Å². The molecule has 1 amide bonds. The summed E-state index contributed by atoms with van der Waals surface area (Å²) in [5.74, 6) is 5.94. The molecular weight excluding hydrogens is 164 g/mol. The molecule has 0 saturated carbocycles. The predicted octanol–water partition coefficient (Wildman–Crippen LogP) is -0.170. The van der Waals surface area contributed by atoms with E-state index in [1.54, 1.807) is 6.92 Å². The fraction of sp³-hybridized carbons (Fsp3) is 0.700. The third-order valence-corrected chi connectivity index (χ3v) is 2.94. The number of amides is 1. The second-order valence-electron chi connectivity index (χ2n) is 3.65. The van der Waals surface area contributed by atoms with Crippen molar-refractivity contribution in [3.8, 4) is 11.8 Å². The highest BCUT2D eigenvalue weighted by molar-refractivity contribution is 5.93. The fourth-order valence-electron chi connectivity index (χ4n) is 2.28. The summed E-state index contributed by atoms with van der Waals surface area (Å²) in [5.41, 5.74) is 0. The molecule has 0 radical (unpaired) electrons. The molecule has 0 aromatic rings. The molecule has 0 bridgehead atoms. The van der Waals surface area contributed by atoms with E-state index in [1.165, 1.54) is 0 Å². The van der Waals surface area contributed by atoms with Crippen molar-refractivity contribution in [3.63, 3.8) is 0 Å². The molecule has 0 aromatic heterocycles. The van der Waals surface area contributed by atoms with Crippen LogP contribution in [0.3, 0.4) is 0 Å². The number of hydrogen-bond donors (Lipinski definition) is 1. The Morgan fingerprint density at radius 2 is 2.38 bits per heavy atom. The average molecular weight is 178 g/mol. The van der Waals surface area contributed by atoms with Crippen molar-refractivity contribution < 1.29 is 4.79 Å². The maximum atomic E-state index is 11.5. The van der Waals surface area contributed by atoms with Crippen molar-refractivity contribution in [2.75, 3.05) is 19.6 Å². The number of carbonyl (C=O) groups excluding carboxylic acids is 1. The van der Waals surface area contributed by atoms with E-state index < -0.39 is 0 Å². The van der Waals surface area contributed by atoms with Crippen LogP contribution in [0.25, 0.3) is 0 Å². The highest BCUT2D eigenvalue weighted by atomic mass is 16.2. The summed E-state index contributed by atoms with van der Waals surface area (Å²) in [4.78, 5) is 13.4. The average Bonchev–Trinajstić information content (AvgIpc) is 2.62. The van der Waals surface area contributed by atoms with Gasteiger partial charge in [0.05, 0.1) is 0 Å². The van der Waals surface area contributed by atoms with Crippen LogP contribution in [0.15, 0.2) is 0 Å². The molecule has 2 saturated heterocycles. The van der Waals surface area contributed by atoms with E-state index in [-0.39, 0.29) is 5.91 Å². The van der Waals surface area contributed by atoms with Crippen molar-refractivity contribution in [2.45, 2.75) is 19.4 Å². The largest absolute Gasteiger partial charge is 0.327 e. The fourth-order valence-corrected chi connectivity index (χ4v) is 2.28. The van der Waals surface area contributed by atoms with Crippen LogP contribution < -0.4 is 5.32 Å². The molecule has 1 N–H and O–H groups in total. The van der Waals surface area contributed by atoms with E-state index in [0.29, 0.717) is 12.0 Å². The Balaban J connectivity index is 2.07. The van der Waals surface area contributed by atoms with Crippen molar-refractivity contribution in [1.29, 1.82) is 0 Å². The maximum absolute atomic E-state index is 11.5. The summed E-state index contributed by atoms with van der Waals surface area (Å²) >= 11 is 0. The smallest absolute Gasteiger partial charge is 0.298 e. The van der Waals surface area contributed by atoms with Gasteiger partial charge in [-0.3, -0.25) is 4.79 Å². The minimum Gasteiger partial charge on any atom is -0.327 e. The Morgan fingerprint density at radius 3 is 3.15 bits per heavy atom. The van der Waals surface area contributed by atoms with Crippen LogP contribution in [0.4, 0.5) is 0 Å². The SMILES string of the molecule is CC#CC(=O)N1CCC2CNCC21. The number of fused-ring (bicyclic) bond motifs is 1. The summed E-state index contributed by atoms with van der Waals surface area (Å²) < 4.78 is 0. The molecule has 2 aliphatic rings. The van der Waals surface area contributed by atoms with Gasteiger partial charge in [-0.2, -0.15) is 0 Å². The molecular formula is C10H14N2O. The first kappa shape index (κ1) is 8.58. The lowest BCUT2D eigenvalue weighted by Crippen LogP contribution is -2.38. The van der Waals surface area contributed by atoms with Crippen LogP contribution in [0.2, 0.25) is 0 Å². The van der Waals surface area contributed by atoms with Gasteiger partial charge in [0.25, 0.3) is 5.91 Å². The van der Waals surface area contributed by atoms with Crippen molar-refractivity contribution >= 4 is 5.91 Å². The van der Waals surface area contributed by atoms with Crippen LogP contribution >= 0.6 is 0 Å². The normalized spacial score (nSPS) is 31.0. The third-order valence-electron chi connectivity index (χ3n) is 2.94. The molecule has 2 unspecified atom stereocenters. The summed E-state index contributed by atoms with van der Waals surface area (Å²) in [5, 5.41) is 3.31. The highest BCUT2D eigenvalue weighted by Gasteiger charge is 2.39. The molecule has 2 heterocycles. The van der Waals surface area contributed by atoms with E-state index >= 15 is 0 Å². The minimum atomic E-state index is -0.00120. The second-order valence-corrected chi connectivity index (χ2v) is 3.65. The van der Waals surface area contributed by atoms with Gasteiger partial charge in [0.1, 0.15) is 0 Å². The Morgan fingerprint density at radius 1 is 1.54 bits per heavy atom. The van der Waals surface area contributed by atoms with Crippen molar-refractivity contribution in [1.82, 2.24) is 10.2 Å². The Kier molecular flexibility index (Phi) is 2.24. The molecule has 2 aliphatic heterocycles. The Hall–Kier alpha value is -1.01. The molecule has 2 atom stereocenters. The summed E-state index contributed by atoms with van der Waals surface area (Å²) in [6, 6.07) is 0.411. The second kappa shape index (κ2) is 3.39. The van der Waals surface area contributed by atoms with Crippen LogP contribution in [0.1, 0.15) is 13.3 Å². The molecule has 0 aromatic carbocycles. The Labute approximate surface area is 78.5 Å². The zero-order chi connectivity index (χ0) is 9.26.